The van der Waals surface area contributed by atoms with E-state index in [-0.39, 0.29) is 0 Å². The third kappa shape index (κ3) is 3.44. The highest BCUT2D eigenvalue weighted by molar-refractivity contribution is 5.85. The molecule has 0 saturated carbocycles. The van der Waals surface area contributed by atoms with Crippen LogP contribution in [0.4, 0.5) is 11.6 Å². The Morgan fingerprint density at radius 1 is 1.18 bits per heavy atom. The fourth-order valence-corrected chi connectivity index (χ4v) is 2.74. The second-order valence-corrected chi connectivity index (χ2v) is 5.91. The Labute approximate surface area is 160 Å². The molecule has 1 N–H and O–H groups in total. The smallest absolute Gasteiger partial charge is 0.166 e. The van der Waals surface area contributed by atoms with E-state index in [1.165, 1.54) is 0 Å². The molecule has 28 heavy (non-hydrogen) atoms. The average Bonchev–Trinajstić information content (AvgIpc) is 3.17. The summed E-state index contributed by atoms with van der Waals surface area (Å²) < 4.78 is 1.97. The van der Waals surface area contributed by atoms with Gasteiger partial charge in [0, 0.05) is 42.2 Å². The third-order valence-corrected chi connectivity index (χ3v) is 4.14. The number of hydrogen-bond acceptors (Lipinski definition) is 7. The van der Waals surface area contributed by atoms with Crippen molar-refractivity contribution in [2.75, 3.05) is 5.32 Å². The number of azide groups is 1. The lowest BCUT2D eigenvalue weighted by Gasteiger charge is -2.09. The molecule has 0 aromatic carbocycles. The Kier molecular flexibility index (Phi) is 4.77. The van der Waals surface area contributed by atoms with Gasteiger partial charge >= 0.3 is 0 Å². The van der Waals surface area contributed by atoms with Gasteiger partial charge in [0.05, 0.1) is 6.33 Å². The van der Waals surface area contributed by atoms with Crippen molar-refractivity contribution in [3.05, 3.63) is 65.2 Å². The standard InChI is InChI=1S/C18H16N10/c1-2-28-11-23-15-17(22-9-12-5-6-14(21-8-12)26-27-19)24-16(25-18(15)28)13-4-3-7-20-10-13/h3-8,10-11H,2,9H2,1H3,(H,22,24,25). The molecule has 0 radical (unpaired) electrons. The van der Waals surface area contributed by atoms with E-state index < -0.39 is 0 Å². The van der Waals surface area contributed by atoms with Crippen LogP contribution < -0.4 is 5.32 Å². The normalized spacial score (nSPS) is 10.6. The molecule has 4 heterocycles. The largest absolute Gasteiger partial charge is 0.364 e. The topological polar surface area (TPSA) is 130 Å². The van der Waals surface area contributed by atoms with Crippen molar-refractivity contribution in [3.63, 3.8) is 0 Å². The minimum absolute atomic E-state index is 0.330. The predicted octanol–water partition coefficient (Wildman–Crippen LogP) is 3.86. The third-order valence-electron chi connectivity index (χ3n) is 4.14. The van der Waals surface area contributed by atoms with Gasteiger partial charge in [0.1, 0.15) is 11.3 Å². The Balaban J connectivity index is 1.69. The van der Waals surface area contributed by atoms with Crippen molar-refractivity contribution in [3.8, 4) is 11.4 Å². The van der Waals surface area contributed by atoms with E-state index in [9.17, 15) is 0 Å². The summed E-state index contributed by atoms with van der Waals surface area (Å²) in [5, 5.41) is 6.79. The van der Waals surface area contributed by atoms with Gasteiger partial charge in [-0.15, -0.1) is 0 Å². The molecule has 10 heteroatoms. The SMILES string of the molecule is CCn1cnc2c(NCc3ccc(N=[N+]=[N-])nc3)nc(-c3cccnc3)nc21. The van der Waals surface area contributed by atoms with Crippen LogP contribution >= 0.6 is 0 Å². The van der Waals surface area contributed by atoms with Crippen molar-refractivity contribution in [1.29, 1.82) is 0 Å². The first kappa shape index (κ1) is 17.4. The maximum Gasteiger partial charge on any atom is 0.166 e. The molecule has 0 saturated heterocycles. The van der Waals surface area contributed by atoms with Crippen LogP contribution in [0.2, 0.25) is 0 Å². The number of fused-ring (bicyclic) bond motifs is 1. The van der Waals surface area contributed by atoms with Crippen LogP contribution in [-0.4, -0.2) is 29.5 Å². The molecule has 10 nitrogen and oxygen atoms in total. The molecule has 0 aliphatic heterocycles. The summed E-state index contributed by atoms with van der Waals surface area (Å²) in [7, 11) is 0. The van der Waals surface area contributed by atoms with Gasteiger partial charge in [0.2, 0.25) is 0 Å². The lowest BCUT2D eigenvalue weighted by Crippen LogP contribution is -2.05. The monoisotopic (exact) mass is 372 g/mol. The van der Waals surface area contributed by atoms with E-state index >= 15 is 0 Å². The number of pyridine rings is 2. The van der Waals surface area contributed by atoms with Gasteiger partial charge in [-0.3, -0.25) is 9.97 Å². The summed E-state index contributed by atoms with van der Waals surface area (Å²) in [6.45, 7) is 3.28. The molecule has 0 aliphatic rings. The summed E-state index contributed by atoms with van der Waals surface area (Å²) in [4.78, 5) is 24.8. The van der Waals surface area contributed by atoms with Crippen molar-refractivity contribution >= 4 is 22.8 Å². The number of nitrogens with zero attached hydrogens (tertiary/aromatic N) is 9. The second kappa shape index (κ2) is 7.68. The summed E-state index contributed by atoms with van der Waals surface area (Å²) in [6, 6.07) is 7.28. The predicted molar refractivity (Wildman–Crippen MR) is 105 cm³/mol. The minimum Gasteiger partial charge on any atom is -0.364 e. The number of aromatic nitrogens is 6. The Morgan fingerprint density at radius 3 is 2.82 bits per heavy atom. The highest BCUT2D eigenvalue weighted by Crippen LogP contribution is 2.24. The number of anilines is 1. The molecule has 0 spiro atoms. The highest BCUT2D eigenvalue weighted by atomic mass is 15.2. The van der Waals surface area contributed by atoms with Gasteiger partial charge in [-0.2, -0.15) is 0 Å². The zero-order valence-electron chi connectivity index (χ0n) is 15.1. The lowest BCUT2D eigenvalue weighted by atomic mass is 10.2. The van der Waals surface area contributed by atoms with Crippen LogP contribution in [0.1, 0.15) is 12.5 Å². The maximum absolute atomic E-state index is 8.46. The van der Waals surface area contributed by atoms with Crippen molar-refractivity contribution in [2.45, 2.75) is 20.0 Å². The van der Waals surface area contributed by atoms with Gasteiger partial charge < -0.3 is 9.88 Å². The minimum atomic E-state index is 0.330. The van der Waals surface area contributed by atoms with Gasteiger partial charge in [-0.05, 0) is 41.3 Å². The van der Waals surface area contributed by atoms with E-state index in [2.05, 4.69) is 40.3 Å². The second-order valence-electron chi connectivity index (χ2n) is 5.91. The first-order chi connectivity index (χ1) is 13.8. The molecule has 0 aliphatic carbocycles. The van der Waals surface area contributed by atoms with Gasteiger partial charge in [0.15, 0.2) is 17.3 Å². The molecule has 0 bridgehead atoms. The number of rotatable bonds is 6. The lowest BCUT2D eigenvalue weighted by molar-refractivity contribution is 0.777. The van der Waals surface area contributed by atoms with E-state index in [1.54, 1.807) is 31.0 Å². The summed E-state index contributed by atoms with van der Waals surface area (Å²) >= 11 is 0. The van der Waals surface area contributed by atoms with Crippen LogP contribution in [0.15, 0.2) is 54.3 Å². The summed E-state index contributed by atoms with van der Waals surface area (Å²) in [5.41, 5.74) is 11.7. The maximum atomic E-state index is 8.46. The van der Waals surface area contributed by atoms with E-state index in [1.807, 2.05) is 29.7 Å². The first-order valence-corrected chi connectivity index (χ1v) is 8.65. The Bertz CT molecular complexity index is 1140. The van der Waals surface area contributed by atoms with Crippen LogP contribution in [-0.2, 0) is 13.1 Å². The number of aryl methyl sites for hydroxylation is 1. The van der Waals surface area contributed by atoms with Crippen molar-refractivity contribution < 1.29 is 0 Å². The van der Waals surface area contributed by atoms with Gasteiger partial charge in [-0.1, -0.05) is 6.07 Å². The molecule has 4 rings (SSSR count). The Hall–Kier alpha value is -4.04. The molecule has 4 aromatic heterocycles. The fraction of sp³-hybridized carbons (Fsp3) is 0.167. The van der Waals surface area contributed by atoms with Crippen LogP contribution in [0.25, 0.3) is 33.0 Å². The first-order valence-electron chi connectivity index (χ1n) is 8.65. The molecule has 4 aromatic rings. The van der Waals surface area contributed by atoms with E-state index in [4.69, 9.17) is 5.53 Å². The molecule has 0 fully saturated rings. The molecule has 0 atom stereocenters. The molecular formula is C18H16N10. The van der Waals surface area contributed by atoms with Crippen LogP contribution in [0.3, 0.4) is 0 Å². The number of imidazole rings is 1. The zero-order valence-corrected chi connectivity index (χ0v) is 15.1. The van der Waals surface area contributed by atoms with Gasteiger partial charge in [0.25, 0.3) is 0 Å². The Morgan fingerprint density at radius 2 is 2.11 bits per heavy atom. The number of hydrogen-bond donors (Lipinski definition) is 1. The molecule has 0 unspecified atom stereocenters. The molecular weight excluding hydrogens is 356 g/mol. The highest BCUT2D eigenvalue weighted by Gasteiger charge is 2.14. The summed E-state index contributed by atoms with van der Waals surface area (Å²) in [6.07, 6.45) is 6.86. The molecule has 0 amide bonds. The van der Waals surface area contributed by atoms with Gasteiger partial charge in [-0.25, -0.2) is 15.0 Å². The number of nitrogens with one attached hydrogen (secondary N) is 1. The zero-order chi connectivity index (χ0) is 19.3. The van der Waals surface area contributed by atoms with E-state index in [0.717, 1.165) is 23.3 Å². The van der Waals surface area contributed by atoms with Crippen molar-refractivity contribution in [2.24, 2.45) is 5.11 Å². The fourth-order valence-electron chi connectivity index (χ4n) is 2.74. The van der Waals surface area contributed by atoms with Crippen LogP contribution in [0.5, 0.6) is 0 Å². The van der Waals surface area contributed by atoms with Crippen molar-refractivity contribution in [1.82, 2.24) is 29.5 Å². The molecule has 138 valence electrons. The summed E-state index contributed by atoms with van der Waals surface area (Å²) in [5.74, 6) is 1.54. The van der Waals surface area contributed by atoms with E-state index in [0.29, 0.717) is 29.5 Å². The average molecular weight is 372 g/mol. The quantitative estimate of drug-likeness (QED) is 0.311. The van der Waals surface area contributed by atoms with Crippen LogP contribution in [0, 0.1) is 0 Å².